The molecule has 38 heavy (non-hydrogen) atoms. The summed E-state index contributed by atoms with van der Waals surface area (Å²) < 4.78 is 2.40. The highest BCUT2D eigenvalue weighted by Crippen LogP contribution is 2.15. The molecule has 0 aromatic carbocycles. The van der Waals surface area contributed by atoms with Gasteiger partial charge < -0.3 is 0 Å². The van der Waals surface area contributed by atoms with Crippen LogP contribution in [0.3, 0.4) is 0 Å². The molecule has 1 heteroatoms. The van der Waals surface area contributed by atoms with Gasteiger partial charge in [-0.15, -0.1) is 0 Å². The molecule has 1 rings (SSSR count). The zero-order valence-corrected chi connectivity index (χ0v) is 26.5. The highest BCUT2D eigenvalue weighted by molar-refractivity contribution is 5.07. The van der Waals surface area contributed by atoms with Crippen LogP contribution in [0.25, 0.3) is 0 Å². The van der Waals surface area contributed by atoms with Crippen LogP contribution in [0.5, 0.6) is 0 Å². The van der Waals surface area contributed by atoms with E-state index in [1.54, 1.807) is 0 Å². The number of hydrogen-bond donors (Lipinski definition) is 0. The zero-order chi connectivity index (χ0) is 27.2. The van der Waals surface area contributed by atoms with Crippen molar-refractivity contribution in [1.29, 1.82) is 0 Å². The quantitative estimate of drug-likeness (QED) is 0.0690. The number of hydrogen-bond acceptors (Lipinski definition) is 0. The minimum atomic E-state index is 1.19. The van der Waals surface area contributed by atoms with E-state index in [1.807, 2.05) is 0 Å². The van der Waals surface area contributed by atoms with Gasteiger partial charge in [0.1, 0.15) is 6.54 Å². The normalized spacial score (nSPS) is 11.4. The average Bonchev–Trinajstić information content (AvgIpc) is 2.94. The number of pyridine rings is 1. The Kier molecular flexibility index (Phi) is 27.0. The molecule has 1 heterocycles. The SMILES string of the molecule is CCCCCCCCCCCCCCCCc1cc[n+](CCCCCCCCCCCCCCCC)cc1. The van der Waals surface area contributed by atoms with E-state index in [-0.39, 0.29) is 0 Å². The van der Waals surface area contributed by atoms with Crippen molar-refractivity contribution in [2.45, 2.75) is 207 Å². The largest absolute Gasteiger partial charge is 0.205 e. The van der Waals surface area contributed by atoms with Gasteiger partial charge in [-0.1, -0.05) is 174 Å². The summed E-state index contributed by atoms with van der Waals surface area (Å²) in [5.41, 5.74) is 1.53. The van der Waals surface area contributed by atoms with Gasteiger partial charge in [0.15, 0.2) is 12.4 Å². The number of unbranched alkanes of at least 4 members (excludes halogenated alkanes) is 26. The molecule has 0 amide bonds. The van der Waals surface area contributed by atoms with Crippen LogP contribution in [-0.4, -0.2) is 0 Å². The summed E-state index contributed by atoms with van der Waals surface area (Å²) in [6.07, 6.45) is 46.2. The van der Waals surface area contributed by atoms with E-state index in [1.165, 1.54) is 198 Å². The lowest BCUT2D eigenvalue weighted by Crippen LogP contribution is -2.32. The van der Waals surface area contributed by atoms with Crippen molar-refractivity contribution in [2.24, 2.45) is 0 Å². The lowest BCUT2D eigenvalue weighted by atomic mass is 10.0. The summed E-state index contributed by atoms with van der Waals surface area (Å²) in [5, 5.41) is 0. The fourth-order valence-electron chi connectivity index (χ4n) is 5.82. The molecule has 1 aromatic rings. The van der Waals surface area contributed by atoms with Gasteiger partial charge in [0.2, 0.25) is 0 Å². The molecule has 0 aliphatic rings. The molecule has 0 aliphatic carbocycles. The molecule has 0 N–H and O–H groups in total. The van der Waals surface area contributed by atoms with Gasteiger partial charge in [0.25, 0.3) is 0 Å². The van der Waals surface area contributed by atoms with Crippen molar-refractivity contribution in [1.82, 2.24) is 0 Å². The topological polar surface area (TPSA) is 3.88 Å². The number of aromatic nitrogens is 1. The Morgan fingerprint density at radius 1 is 0.368 bits per heavy atom. The summed E-state index contributed by atoms with van der Waals surface area (Å²) in [7, 11) is 0. The van der Waals surface area contributed by atoms with Crippen LogP contribution in [0.1, 0.15) is 199 Å². The molecule has 0 saturated heterocycles. The van der Waals surface area contributed by atoms with Gasteiger partial charge in [0.05, 0.1) is 0 Å². The molecule has 222 valence electrons. The van der Waals surface area contributed by atoms with E-state index < -0.39 is 0 Å². The minimum absolute atomic E-state index is 1.19. The Balaban J connectivity index is 1.83. The van der Waals surface area contributed by atoms with E-state index in [2.05, 4.69) is 42.9 Å². The molecule has 1 nitrogen and oxygen atoms in total. The maximum Gasteiger partial charge on any atom is 0.169 e. The van der Waals surface area contributed by atoms with Gasteiger partial charge in [-0.05, 0) is 24.8 Å². The highest BCUT2D eigenvalue weighted by Gasteiger charge is 2.02. The Bertz CT molecular complexity index is 512. The van der Waals surface area contributed by atoms with Crippen molar-refractivity contribution >= 4 is 0 Å². The predicted molar refractivity (Wildman–Crippen MR) is 171 cm³/mol. The minimum Gasteiger partial charge on any atom is -0.205 e. The van der Waals surface area contributed by atoms with Crippen LogP contribution in [0.2, 0.25) is 0 Å². The molecular formula is C37H70N+. The molecule has 0 atom stereocenters. The summed E-state index contributed by atoms with van der Waals surface area (Å²) >= 11 is 0. The monoisotopic (exact) mass is 529 g/mol. The molecule has 0 radical (unpaired) electrons. The Morgan fingerprint density at radius 2 is 0.658 bits per heavy atom. The third-order valence-electron chi connectivity index (χ3n) is 8.55. The van der Waals surface area contributed by atoms with E-state index >= 15 is 0 Å². The van der Waals surface area contributed by atoms with Crippen molar-refractivity contribution in [3.05, 3.63) is 30.1 Å². The van der Waals surface area contributed by atoms with Crippen LogP contribution in [0.4, 0.5) is 0 Å². The predicted octanol–water partition coefficient (Wildman–Crippen LogP) is 12.5. The van der Waals surface area contributed by atoms with E-state index in [9.17, 15) is 0 Å². The lowest BCUT2D eigenvalue weighted by Gasteiger charge is -2.04. The smallest absolute Gasteiger partial charge is 0.169 e. The van der Waals surface area contributed by atoms with Crippen molar-refractivity contribution in [3.63, 3.8) is 0 Å². The maximum absolute atomic E-state index is 2.40. The molecule has 0 bridgehead atoms. The first kappa shape index (κ1) is 35.2. The fourth-order valence-corrected chi connectivity index (χ4v) is 5.82. The van der Waals surface area contributed by atoms with Gasteiger partial charge in [-0.2, -0.15) is 0 Å². The number of nitrogens with zero attached hydrogens (tertiary/aromatic N) is 1. The van der Waals surface area contributed by atoms with Crippen LogP contribution >= 0.6 is 0 Å². The first-order valence-corrected chi connectivity index (χ1v) is 17.8. The second-order valence-corrected chi connectivity index (χ2v) is 12.4. The third-order valence-corrected chi connectivity index (χ3v) is 8.55. The Morgan fingerprint density at radius 3 is 1.00 bits per heavy atom. The van der Waals surface area contributed by atoms with Crippen LogP contribution in [0.15, 0.2) is 24.5 Å². The second kappa shape index (κ2) is 29.1. The Hall–Kier alpha value is -0.850. The molecule has 0 unspecified atom stereocenters. The van der Waals surface area contributed by atoms with E-state index in [4.69, 9.17) is 0 Å². The number of aryl methyl sites for hydroxylation is 2. The maximum atomic E-state index is 2.40. The lowest BCUT2D eigenvalue weighted by molar-refractivity contribution is -0.697. The van der Waals surface area contributed by atoms with Gasteiger partial charge >= 0.3 is 0 Å². The Labute approximate surface area is 241 Å². The van der Waals surface area contributed by atoms with Crippen molar-refractivity contribution in [2.75, 3.05) is 0 Å². The fraction of sp³-hybridized carbons (Fsp3) is 0.865. The standard InChI is InChI=1S/C37H70N/c1-3-5-7-9-11-13-15-17-19-21-23-25-27-29-31-37-32-35-38(36-33-37)34-30-28-26-24-22-20-18-16-14-12-10-8-6-4-2/h32-33,35-36H,3-31,34H2,1-2H3/q+1. The van der Waals surface area contributed by atoms with Crippen molar-refractivity contribution < 1.29 is 4.57 Å². The van der Waals surface area contributed by atoms with Gasteiger partial charge in [0, 0.05) is 18.6 Å². The zero-order valence-electron chi connectivity index (χ0n) is 26.5. The summed E-state index contributed by atoms with van der Waals surface area (Å²) in [4.78, 5) is 0. The molecule has 1 aromatic heterocycles. The summed E-state index contributed by atoms with van der Waals surface area (Å²) in [6.45, 7) is 5.80. The first-order chi connectivity index (χ1) is 18.9. The summed E-state index contributed by atoms with van der Waals surface area (Å²) in [5.74, 6) is 0. The van der Waals surface area contributed by atoms with Crippen LogP contribution in [0, 0.1) is 0 Å². The van der Waals surface area contributed by atoms with E-state index in [0.29, 0.717) is 0 Å². The molecule has 0 spiro atoms. The van der Waals surface area contributed by atoms with Crippen LogP contribution in [-0.2, 0) is 13.0 Å². The average molecular weight is 529 g/mol. The second-order valence-electron chi connectivity index (χ2n) is 12.4. The van der Waals surface area contributed by atoms with Gasteiger partial charge in [-0.3, -0.25) is 0 Å². The first-order valence-electron chi connectivity index (χ1n) is 17.8. The molecule has 0 saturated carbocycles. The molecular weight excluding hydrogens is 458 g/mol. The third kappa shape index (κ3) is 24.2. The molecule has 0 fully saturated rings. The van der Waals surface area contributed by atoms with Crippen LogP contribution < -0.4 is 4.57 Å². The van der Waals surface area contributed by atoms with E-state index in [0.717, 1.165) is 0 Å². The summed E-state index contributed by atoms with van der Waals surface area (Å²) in [6, 6.07) is 4.73. The highest BCUT2D eigenvalue weighted by atomic mass is 14.9. The number of rotatable bonds is 30. The molecule has 0 aliphatic heterocycles. The van der Waals surface area contributed by atoms with Gasteiger partial charge in [-0.25, -0.2) is 4.57 Å². The van der Waals surface area contributed by atoms with Crippen molar-refractivity contribution in [3.8, 4) is 0 Å².